The van der Waals surface area contributed by atoms with Gasteiger partial charge in [0.2, 0.25) is 5.91 Å². The van der Waals surface area contributed by atoms with E-state index < -0.39 is 5.82 Å². The largest absolute Gasteiger partial charge is 0.384 e. The number of hydrogen-bond acceptors (Lipinski definition) is 3. The van der Waals surface area contributed by atoms with Gasteiger partial charge in [0.1, 0.15) is 19.0 Å². The summed E-state index contributed by atoms with van der Waals surface area (Å²) in [5, 5.41) is 15.0. The normalized spacial score (nSPS) is 9.70. The second-order valence-electron chi connectivity index (χ2n) is 3.91. The summed E-state index contributed by atoms with van der Waals surface area (Å²) in [6.07, 6.45) is 3.23. The highest BCUT2D eigenvalue weighted by Gasteiger charge is 2.06. The van der Waals surface area contributed by atoms with Crippen LogP contribution in [0.15, 0.2) is 36.7 Å². The van der Waals surface area contributed by atoms with Crippen LogP contribution in [0.5, 0.6) is 0 Å². The molecule has 0 atom stereocenters. The van der Waals surface area contributed by atoms with Gasteiger partial charge in [-0.1, -0.05) is 11.8 Å². The zero-order chi connectivity index (χ0) is 14.4. The maximum Gasteiger partial charge on any atom is 0.246 e. The Morgan fingerprint density at radius 3 is 3.00 bits per heavy atom. The molecular weight excluding hydrogens is 261 g/mol. The van der Waals surface area contributed by atoms with Crippen LogP contribution in [0.3, 0.4) is 0 Å². The van der Waals surface area contributed by atoms with Crippen LogP contribution in [0.2, 0.25) is 0 Å². The molecule has 6 heteroatoms. The lowest BCUT2D eigenvalue weighted by molar-refractivity contribution is -0.116. The van der Waals surface area contributed by atoms with E-state index >= 15 is 0 Å². The van der Waals surface area contributed by atoms with Crippen LogP contribution in [0, 0.1) is 17.7 Å². The van der Waals surface area contributed by atoms with E-state index in [-0.39, 0.29) is 24.6 Å². The van der Waals surface area contributed by atoms with Crippen LogP contribution < -0.4 is 5.32 Å². The third kappa shape index (κ3) is 3.67. The molecule has 102 valence electrons. The van der Waals surface area contributed by atoms with E-state index in [1.165, 1.54) is 16.8 Å². The van der Waals surface area contributed by atoms with Crippen molar-refractivity contribution in [3.05, 3.63) is 48.0 Å². The van der Waals surface area contributed by atoms with Crippen molar-refractivity contribution >= 4 is 11.6 Å². The predicted molar refractivity (Wildman–Crippen MR) is 71.2 cm³/mol. The predicted octanol–water partition coefficient (Wildman–Crippen LogP) is 1.00. The SMILES string of the molecule is O=C(Cn1cccn1)Nc1ccc(C#CCO)c(F)c1. The summed E-state index contributed by atoms with van der Waals surface area (Å²) in [6, 6.07) is 5.89. The van der Waals surface area contributed by atoms with E-state index in [0.717, 1.165) is 0 Å². The summed E-state index contributed by atoms with van der Waals surface area (Å²) in [5.74, 6) is 3.98. The topological polar surface area (TPSA) is 67.2 Å². The third-order valence-corrected chi connectivity index (χ3v) is 2.42. The highest BCUT2D eigenvalue weighted by molar-refractivity contribution is 5.90. The number of anilines is 1. The lowest BCUT2D eigenvalue weighted by Crippen LogP contribution is -2.19. The number of benzene rings is 1. The van der Waals surface area contributed by atoms with Gasteiger partial charge in [0.05, 0.1) is 5.56 Å². The molecule has 20 heavy (non-hydrogen) atoms. The van der Waals surface area contributed by atoms with Gasteiger partial charge < -0.3 is 10.4 Å². The molecule has 0 spiro atoms. The molecule has 0 fully saturated rings. The van der Waals surface area contributed by atoms with Gasteiger partial charge in [-0.05, 0) is 24.3 Å². The third-order valence-electron chi connectivity index (χ3n) is 2.42. The Morgan fingerprint density at radius 1 is 1.50 bits per heavy atom. The molecule has 0 aliphatic heterocycles. The van der Waals surface area contributed by atoms with Crippen molar-refractivity contribution in [2.75, 3.05) is 11.9 Å². The smallest absolute Gasteiger partial charge is 0.246 e. The second kappa shape index (κ2) is 6.50. The summed E-state index contributed by atoms with van der Waals surface area (Å²) in [6.45, 7) is -0.275. The number of nitrogens with one attached hydrogen (secondary N) is 1. The number of carbonyl (C=O) groups excluding carboxylic acids is 1. The van der Waals surface area contributed by atoms with Gasteiger partial charge in [-0.15, -0.1) is 0 Å². The standard InChI is InChI=1S/C14H12FN3O2/c15-13-9-12(5-4-11(13)3-1-8-19)17-14(20)10-18-7-2-6-16-18/h2,4-7,9,19H,8,10H2,(H,17,20). The molecule has 5 nitrogen and oxygen atoms in total. The molecule has 1 amide bonds. The summed E-state index contributed by atoms with van der Waals surface area (Å²) < 4.78 is 15.1. The van der Waals surface area contributed by atoms with Crippen LogP contribution >= 0.6 is 0 Å². The molecule has 1 aromatic heterocycles. The molecule has 0 saturated heterocycles. The molecule has 0 bridgehead atoms. The minimum Gasteiger partial charge on any atom is -0.384 e. The lowest BCUT2D eigenvalue weighted by atomic mass is 10.2. The average Bonchev–Trinajstić information content (AvgIpc) is 2.90. The molecule has 2 rings (SSSR count). The van der Waals surface area contributed by atoms with Crippen molar-refractivity contribution in [1.82, 2.24) is 9.78 Å². The van der Waals surface area contributed by atoms with Crippen molar-refractivity contribution in [2.45, 2.75) is 6.54 Å². The minimum absolute atomic E-state index is 0.0562. The number of nitrogens with zero attached hydrogens (tertiary/aromatic N) is 2. The van der Waals surface area contributed by atoms with Crippen molar-refractivity contribution in [2.24, 2.45) is 0 Å². The molecule has 0 saturated carbocycles. The highest BCUT2D eigenvalue weighted by atomic mass is 19.1. The Bertz CT molecular complexity index is 657. The molecule has 1 heterocycles. The van der Waals surface area contributed by atoms with Crippen LogP contribution in [-0.4, -0.2) is 27.4 Å². The van der Waals surface area contributed by atoms with Gasteiger partial charge >= 0.3 is 0 Å². The number of carbonyl (C=O) groups is 1. The summed E-state index contributed by atoms with van der Waals surface area (Å²) in [7, 11) is 0. The van der Waals surface area contributed by atoms with Crippen molar-refractivity contribution < 1.29 is 14.3 Å². The second-order valence-corrected chi connectivity index (χ2v) is 3.91. The Kier molecular flexibility index (Phi) is 4.47. The zero-order valence-electron chi connectivity index (χ0n) is 10.5. The number of aromatic nitrogens is 2. The first-order valence-electron chi connectivity index (χ1n) is 5.85. The Hall–Kier alpha value is -2.65. The number of aliphatic hydroxyl groups excluding tert-OH is 1. The van der Waals surface area contributed by atoms with Crippen LogP contribution in [0.1, 0.15) is 5.56 Å². The van der Waals surface area contributed by atoms with Gasteiger partial charge in [0.15, 0.2) is 0 Å². The number of rotatable bonds is 3. The van der Waals surface area contributed by atoms with Crippen LogP contribution in [0.4, 0.5) is 10.1 Å². The first kappa shape index (κ1) is 13.8. The Labute approximate surface area is 115 Å². The van der Waals surface area contributed by atoms with E-state index in [0.29, 0.717) is 5.69 Å². The molecule has 0 radical (unpaired) electrons. The van der Waals surface area contributed by atoms with Crippen LogP contribution in [0.25, 0.3) is 0 Å². The molecular formula is C14H12FN3O2. The summed E-state index contributed by atoms with van der Waals surface area (Å²) >= 11 is 0. The quantitative estimate of drug-likeness (QED) is 0.820. The lowest BCUT2D eigenvalue weighted by Gasteiger charge is -2.06. The Balaban J connectivity index is 2.03. The van der Waals surface area contributed by atoms with Crippen molar-refractivity contribution in [3.63, 3.8) is 0 Å². The summed E-state index contributed by atoms with van der Waals surface area (Å²) in [5.41, 5.74) is 0.512. The highest BCUT2D eigenvalue weighted by Crippen LogP contribution is 2.13. The van der Waals surface area contributed by atoms with Gasteiger partial charge in [0, 0.05) is 18.1 Å². The molecule has 2 N–H and O–H groups in total. The van der Waals surface area contributed by atoms with Crippen LogP contribution in [-0.2, 0) is 11.3 Å². The molecule has 0 aliphatic carbocycles. The number of amides is 1. The van der Waals surface area contributed by atoms with E-state index in [4.69, 9.17) is 5.11 Å². The number of halogens is 1. The fourth-order valence-corrected chi connectivity index (χ4v) is 1.57. The van der Waals surface area contributed by atoms with E-state index in [2.05, 4.69) is 22.3 Å². The van der Waals surface area contributed by atoms with Crippen molar-refractivity contribution in [3.8, 4) is 11.8 Å². The molecule has 0 unspecified atom stereocenters. The average molecular weight is 273 g/mol. The minimum atomic E-state index is -0.553. The number of aliphatic hydroxyl groups is 1. The molecule has 1 aromatic carbocycles. The first-order valence-corrected chi connectivity index (χ1v) is 5.85. The molecule has 0 aliphatic rings. The maximum atomic E-state index is 13.6. The first-order chi connectivity index (χ1) is 9.69. The molecule has 2 aromatic rings. The van der Waals surface area contributed by atoms with Gasteiger partial charge in [-0.25, -0.2) is 4.39 Å². The fourth-order valence-electron chi connectivity index (χ4n) is 1.57. The van der Waals surface area contributed by atoms with Gasteiger partial charge in [-0.3, -0.25) is 9.48 Å². The monoisotopic (exact) mass is 273 g/mol. The fraction of sp³-hybridized carbons (Fsp3) is 0.143. The van der Waals surface area contributed by atoms with E-state index in [9.17, 15) is 9.18 Å². The van der Waals surface area contributed by atoms with E-state index in [1.807, 2.05) is 0 Å². The number of hydrogen-bond donors (Lipinski definition) is 2. The van der Waals surface area contributed by atoms with E-state index in [1.54, 1.807) is 24.5 Å². The van der Waals surface area contributed by atoms with Crippen molar-refractivity contribution in [1.29, 1.82) is 0 Å². The van der Waals surface area contributed by atoms with Gasteiger partial charge in [0.25, 0.3) is 0 Å². The van der Waals surface area contributed by atoms with Gasteiger partial charge in [-0.2, -0.15) is 5.10 Å². The Morgan fingerprint density at radius 2 is 2.35 bits per heavy atom. The summed E-state index contributed by atoms with van der Waals surface area (Å²) in [4.78, 5) is 11.7. The maximum absolute atomic E-state index is 13.6. The zero-order valence-corrected chi connectivity index (χ0v) is 10.5.